The van der Waals surface area contributed by atoms with Crippen LogP contribution in [0.3, 0.4) is 0 Å². The molecular formula is C9H12ClN5O. The molecular weight excluding hydrogens is 230 g/mol. The van der Waals surface area contributed by atoms with Crippen LogP contribution in [0.1, 0.15) is 12.8 Å². The lowest BCUT2D eigenvalue weighted by molar-refractivity contribution is -0.119. The average molecular weight is 242 g/mol. The minimum Gasteiger partial charge on any atom is -0.352 e. The summed E-state index contributed by atoms with van der Waals surface area (Å²) in [4.78, 5) is 17.2. The Kier molecular flexibility index (Phi) is 3.19. The van der Waals surface area contributed by atoms with Gasteiger partial charge in [0.15, 0.2) is 5.82 Å². The van der Waals surface area contributed by atoms with Gasteiger partial charge in [0.25, 0.3) is 0 Å². The molecule has 1 fully saturated rings. The highest BCUT2D eigenvalue weighted by molar-refractivity contribution is 6.28. The molecule has 16 heavy (non-hydrogen) atoms. The Balaban J connectivity index is 1.91. The fourth-order valence-corrected chi connectivity index (χ4v) is 1.39. The topological polar surface area (TPSA) is 71.0 Å². The predicted molar refractivity (Wildman–Crippen MR) is 59.3 cm³/mol. The normalized spacial score (nSPS) is 14.6. The van der Waals surface area contributed by atoms with Crippen molar-refractivity contribution in [2.75, 3.05) is 18.5 Å². The molecule has 1 aromatic heterocycles. The van der Waals surface area contributed by atoms with Crippen LogP contribution < -0.4 is 10.2 Å². The van der Waals surface area contributed by atoms with Crippen molar-refractivity contribution in [1.82, 2.24) is 20.5 Å². The highest BCUT2D eigenvalue weighted by Gasteiger charge is 2.23. The molecule has 0 radical (unpaired) electrons. The van der Waals surface area contributed by atoms with E-state index in [0.29, 0.717) is 11.9 Å². The van der Waals surface area contributed by atoms with E-state index in [0.717, 1.165) is 12.8 Å². The number of hydrogen-bond donors (Lipinski definition) is 1. The number of carbonyl (C=O) groups excluding carboxylic acids is 1. The molecule has 6 nitrogen and oxygen atoms in total. The van der Waals surface area contributed by atoms with Gasteiger partial charge in [-0.1, -0.05) is 0 Å². The van der Waals surface area contributed by atoms with E-state index in [4.69, 9.17) is 11.6 Å². The Morgan fingerprint density at radius 1 is 1.69 bits per heavy atom. The molecule has 1 saturated carbocycles. The summed E-state index contributed by atoms with van der Waals surface area (Å²) in [5, 5.41) is 10.2. The predicted octanol–water partition coefficient (Wildman–Crippen LogP) is 0.240. The number of rotatable bonds is 4. The van der Waals surface area contributed by atoms with Crippen LogP contribution in [-0.2, 0) is 4.79 Å². The second-order valence-corrected chi connectivity index (χ2v) is 4.12. The summed E-state index contributed by atoms with van der Waals surface area (Å²) in [7, 11) is 1.76. The van der Waals surface area contributed by atoms with Crippen molar-refractivity contribution in [1.29, 1.82) is 0 Å². The maximum Gasteiger partial charge on any atom is 0.244 e. The Hall–Kier alpha value is -1.43. The van der Waals surface area contributed by atoms with E-state index in [1.807, 2.05) is 0 Å². The number of carbonyl (C=O) groups is 1. The van der Waals surface area contributed by atoms with Crippen LogP contribution in [0.5, 0.6) is 0 Å². The van der Waals surface area contributed by atoms with Gasteiger partial charge in [-0.3, -0.25) is 4.79 Å². The maximum absolute atomic E-state index is 11.5. The molecule has 1 aliphatic rings. The molecule has 0 aliphatic heterocycles. The van der Waals surface area contributed by atoms with Gasteiger partial charge in [0.2, 0.25) is 11.2 Å². The summed E-state index contributed by atoms with van der Waals surface area (Å²) < 4.78 is 0. The highest BCUT2D eigenvalue weighted by Crippen LogP contribution is 2.18. The van der Waals surface area contributed by atoms with Gasteiger partial charge in [-0.2, -0.15) is 10.1 Å². The van der Waals surface area contributed by atoms with Gasteiger partial charge in [0.1, 0.15) is 0 Å². The van der Waals surface area contributed by atoms with Crippen LogP contribution in [0, 0.1) is 0 Å². The van der Waals surface area contributed by atoms with E-state index in [2.05, 4.69) is 20.5 Å². The van der Waals surface area contributed by atoms with Gasteiger partial charge in [-0.25, -0.2) is 0 Å². The minimum atomic E-state index is -0.0141. The number of likely N-dealkylation sites (N-methyl/N-ethyl adjacent to an activating group) is 1. The summed E-state index contributed by atoms with van der Waals surface area (Å²) in [6.07, 6.45) is 3.63. The molecule has 0 unspecified atom stereocenters. The van der Waals surface area contributed by atoms with Gasteiger partial charge < -0.3 is 10.2 Å². The summed E-state index contributed by atoms with van der Waals surface area (Å²) in [6.45, 7) is 0.242. The molecule has 7 heteroatoms. The first-order chi connectivity index (χ1) is 7.65. The zero-order valence-corrected chi connectivity index (χ0v) is 9.61. The maximum atomic E-state index is 11.5. The van der Waals surface area contributed by atoms with Gasteiger partial charge in [0.05, 0.1) is 12.7 Å². The van der Waals surface area contributed by atoms with E-state index in [1.165, 1.54) is 6.20 Å². The number of amides is 1. The standard InChI is InChI=1S/C9H12ClN5O/c1-15(5-8(16)12-6-2-3-6)7-4-11-14-9(10)13-7/h4,6H,2-3,5H2,1H3,(H,12,16). The van der Waals surface area contributed by atoms with Crippen molar-refractivity contribution < 1.29 is 4.79 Å². The molecule has 1 amide bonds. The Bertz CT molecular complexity index is 395. The van der Waals surface area contributed by atoms with Gasteiger partial charge >= 0.3 is 0 Å². The second kappa shape index (κ2) is 4.61. The van der Waals surface area contributed by atoms with Crippen LogP contribution >= 0.6 is 11.6 Å². The molecule has 0 bridgehead atoms. The third kappa shape index (κ3) is 3.03. The largest absolute Gasteiger partial charge is 0.352 e. The Labute approximate surface area is 98.0 Å². The molecule has 0 saturated heterocycles. The van der Waals surface area contributed by atoms with Crippen LogP contribution in [0.15, 0.2) is 6.20 Å². The highest BCUT2D eigenvalue weighted by atomic mass is 35.5. The summed E-state index contributed by atoms with van der Waals surface area (Å²) >= 11 is 5.61. The fourth-order valence-electron chi connectivity index (χ4n) is 1.26. The monoisotopic (exact) mass is 241 g/mol. The van der Waals surface area contributed by atoms with Crippen LogP contribution in [0.25, 0.3) is 0 Å². The number of hydrogen-bond acceptors (Lipinski definition) is 5. The molecule has 1 heterocycles. The SMILES string of the molecule is CN(CC(=O)NC1CC1)c1cnnc(Cl)n1. The van der Waals surface area contributed by atoms with Crippen molar-refractivity contribution in [3.05, 3.63) is 11.5 Å². The van der Waals surface area contributed by atoms with Gasteiger partial charge in [-0.15, -0.1) is 5.10 Å². The van der Waals surface area contributed by atoms with Gasteiger partial charge in [-0.05, 0) is 24.4 Å². The third-order valence-electron chi connectivity index (χ3n) is 2.23. The Morgan fingerprint density at radius 3 is 3.06 bits per heavy atom. The zero-order chi connectivity index (χ0) is 11.5. The van der Waals surface area contributed by atoms with E-state index < -0.39 is 0 Å². The molecule has 0 atom stereocenters. The van der Waals surface area contributed by atoms with Crippen LogP contribution in [0.4, 0.5) is 5.82 Å². The number of nitrogens with one attached hydrogen (secondary N) is 1. The van der Waals surface area contributed by atoms with E-state index in [9.17, 15) is 4.79 Å². The van der Waals surface area contributed by atoms with Crippen LogP contribution in [0.2, 0.25) is 5.28 Å². The van der Waals surface area contributed by atoms with Gasteiger partial charge in [0, 0.05) is 13.1 Å². The lowest BCUT2D eigenvalue weighted by Gasteiger charge is -2.16. The van der Waals surface area contributed by atoms with E-state index in [1.54, 1.807) is 11.9 Å². The first kappa shape index (κ1) is 11.1. The summed E-state index contributed by atoms with van der Waals surface area (Å²) in [5.41, 5.74) is 0. The summed E-state index contributed by atoms with van der Waals surface area (Å²) in [5.74, 6) is 0.519. The molecule has 0 spiro atoms. The van der Waals surface area contributed by atoms with Crippen molar-refractivity contribution in [2.45, 2.75) is 18.9 Å². The average Bonchev–Trinajstić information content (AvgIpc) is 3.01. The zero-order valence-electron chi connectivity index (χ0n) is 8.85. The first-order valence-electron chi connectivity index (χ1n) is 5.01. The molecule has 2 rings (SSSR count). The number of halogens is 1. The van der Waals surface area contributed by atoms with E-state index in [-0.39, 0.29) is 17.7 Å². The lowest BCUT2D eigenvalue weighted by Crippen LogP contribution is -2.36. The molecule has 1 N–H and O–H groups in total. The first-order valence-corrected chi connectivity index (χ1v) is 5.38. The smallest absolute Gasteiger partial charge is 0.244 e. The van der Waals surface area contributed by atoms with Crippen LogP contribution in [-0.4, -0.2) is 40.7 Å². The molecule has 86 valence electrons. The number of anilines is 1. The van der Waals surface area contributed by atoms with Crippen molar-refractivity contribution >= 4 is 23.3 Å². The van der Waals surface area contributed by atoms with E-state index >= 15 is 0 Å². The fraction of sp³-hybridized carbons (Fsp3) is 0.556. The molecule has 1 aromatic rings. The quantitative estimate of drug-likeness (QED) is 0.818. The minimum absolute atomic E-state index is 0.0141. The molecule has 0 aromatic carbocycles. The Morgan fingerprint density at radius 2 is 2.44 bits per heavy atom. The van der Waals surface area contributed by atoms with Crippen molar-refractivity contribution in [2.24, 2.45) is 0 Å². The third-order valence-corrected chi connectivity index (χ3v) is 2.39. The number of nitrogens with zero attached hydrogens (tertiary/aromatic N) is 4. The molecule has 1 aliphatic carbocycles. The van der Waals surface area contributed by atoms with Crippen molar-refractivity contribution in [3.8, 4) is 0 Å². The van der Waals surface area contributed by atoms with Crippen molar-refractivity contribution in [3.63, 3.8) is 0 Å². The second-order valence-electron chi connectivity index (χ2n) is 3.78. The summed E-state index contributed by atoms with van der Waals surface area (Å²) in [6, 6.07) is 0.369. The lowest BCUT2D eigenvalue weighted by atomic mass is 10.5. The number of aromatic nitrogens is 3.